The number of methoxy groups -OCH3 is 1. The Morgan fingerprint density at radius 1 is 1.27 bits per heavy atom. The number of aryl methyl sites for hydroxylation is 1. The lowest BCUT2D eigenvalue weighted by Gasteiger charge is -2.31. The third-order valence-corrected chi connectivity index (χ3v) is 4.76. The van der Waals surface area contributed by atoms with Gasteiger partial charge in [0.1, 0.15) is 0 Å². The SMILES string of the molecule is COCCC1CCN(CCCC(=O)c2ccccc2C)CC1. The summed E-state index contributed by atoms with van der Waals surface area (Å²) in [4.78, 5) is 14.8. The van der Waals surface area contributed by atoms with Gasteiger partial charge in [0.15, 0.2) is 5.78 Å². The largest absolute Gasteiger partial charge is 0.385 e. The molecule has 0 N–H and O–H groups in total. The van der Waals surface area contributed by atoms with Crippen molar-refractivity contribution in [2.45, 2.75) is 39.0 Å². The van der Waals surface area contributed by atoms with Crippen LogP contribution in [0.25, 0.3) is 0 Å². The van der Waals surface area contributed by atoms with Gasteiger partial charge in [-0.05, 0) is 63.7 Å². The molecule has 1 aliphatic rings. The van der Waals surface area contributed by atoms with E-state index in [9.17, 15) is 4.79 Å². The zero-order chi connectivity index (χ0) is 15.8. The van der Waals surface area contributed by atoms with Gasteiger partial charge in [0.2, 0.25) is 0 Å². The Morgan fingerprint density at radius 2 is 2.00 bits per heavy atom. The molecule has 22 heavy (non-hydrogen) atoms. The number of ether oxygens (including phenoxy) is 1. The van der Waals surface area contributed by atoms with Crippen molar-refractivity contribution in [2.24, 2.45) is 5.92 Å². The lowest BCUT2D eigenvalue weighted by molar-refractivity contribution is 0.0966. The predicted molar refractivity (Wildman–Crippen MR) is 90.4 cm³/mol. The van der Waals surface area contributed by atoms with E-state index >= 15 is 0 Å². The normalized spacial score (nSPS) is 16.8. The standard InChI is InChI=1S/C19H29NO2/c1-16-6-3-4-7-18(16)19(21)8-5-12-20-13-9-17(10-14-20)11-15-22-2/h3-4,6-7,17H,5,8-15H2,1-2H3. The highest BCUT2D eigenvalue weighted by Gasteiger charge is 2.18. The van der Waals surface area contributed by atoms with Gasteiger partial charge in [0, 0.05) is 25.7 Å². The Hall–Kier alpha value is -1.19. The fourth-order valence-electron chi connectivity index (χ4n) is 3.27. The summed E-state index contributed by atoms with van der Waals surface area (Å²) in [7, 11) is 1.78. The first-order chi connectivity index (χ1) is 10.7. The first-order valence-electron chi connectivity index (χ1n) is 8.51. The quantitative estimate of drug-likeness (QED) is 0.686. The molecule has 0 saturated carbocycles. The van der Waals surface area contributed by atoms with E-state index in [2.05, 4.69) is 4.90 Å². The summed E-state index contributed by atoms with van der Waals surface area (Å²) in [5.74, 6) is 1.11. The molecule has 1 aromatic rings. The van der Waals surface area contributed by atoms with E-state index in [-0.39, 0.29) is 5.78 Å². The lowest BCUT2D eigenvalue weighted by atomic mass is 9.93. The van der Waals surface area contributed by atoms with Crippen LogP contribution in [0, 0.1) is 12.8 Å². The highest BCUT2D eigenvalue weighted by atomic mass is 16.5. The fourth-order valence-corrected chi connectivity index (χ4v) is 3.27. The van der Waals surface area contributed by atoms with Crippen molar-refractivity contribution in [2.75, 3.05) is 33.4 Å². The summed E-state index contributed by atoms with van der Waals surface area (Å²) >= 11 is 0. The highest BCUT2D eigenvalue weighted by Crippen LogP contribution is 2.21. The molecule has 0 spiro atoms. The van der Waals surface area contributed by atoms with Crippen LogP contribution in [0.5, 0.6) is 0 Å². The van der Waals surface area contributed by atoms with Gasteiger partial charge < -0.3 is 9.64 Å². The molecular weight excluding hydrogens is 274 g/mol. The minimum Gasteiger partial charge on any atom is -0.385 e. The summed E-state index contributed by atoms with van der Waals surface area (Å²) in [6.45, 7) is 6.29. The Labute approximate surface area is 134 Å². The zero-order valence-electron chi connectivity index (χ0n) is 14.0. The van der Waals surface area contributed by atoms with Gasteiger partial charge >= 0.3 is 0 Å². The maximum Gasteiger partial charge on any atom is 0.163 e. The number of Topliss-reactive ketones (excluding diaryl/α,β-unsaturated/α-hetero) is 1. The molecule has 1 aromatic carbocycles. The third kappa shape index (κ3) is 5.22. The number of hydrogen-bond acceptors (Lipinski definition) is 3. The molecule has 1 fully saturated rings. The molecule has 2 rings (SSSR count). The number of carbonyl (C=O) groups excluding carboxylic acids is 1. The number of piperidine rings is 1. The molecule has 0 bridgehead atoms. The first kappa shape index (κ1) is 17.2. The van der Waals surface area contributed by atoms with Gasteiger partial charge in [-0.3, -0.25) is 4.79 Å². The van der Waals surface area contributed by atoms with Gasteiger partial charge in [-0.15, -0.1) is 0 Å². The van der Waals surface area contributed by atoms with E-state index in [0.29, 0.717) is 6.42 Å². The number of hydrogen-bond donors (Lipinski definition) is 0. The molecule has 0 radical (unpaired) electrons. The van der Waals surface area contributed by atoms with Crippen molar-refractivity contribution in [1.82, 2.24) is 4.90 Å². The van der Waals surface area contributed by atoms with Crippen LogP contribution in [0.3, 0.4) is 0 Å². The van der Waals surface area contributed by atoms with E-state index in [1.807, 2.05) is 31.2 Å². The smallest absolute Gasteiger partial charge is 0.163 e. The van der Waals surface area contributed by atoms with Crippen LogP contribution in [0.2, 0.25) is 0 Å². The van der Waals surface area contributed by atoms with Gasteiger partial charge in [0.25, 0.3) is 0 Å². The average molecular weight is 303 g/mol. The number of likely N-dealkylation sites (tertiary alicyclic amines) is 1. The molecule has 3 nitrogen and oxygen atoms in total. The summed E-state index contributed by atoms with van der Waals surface area (Å²) in [6, 6.07) is 7.89. The molecule has 0 amide bonds. The Morgan fingerprint density at radius 3 is 2.68 bits per heavy atom. The number of benzene rings is 1. The summed E-state index contributed by atoms with van der Waals surface area (Å²) in [5, 5.41) is 0. The van der Waals surface area contributed by atoms with E-state index in [1.165, 1.54) is 32.4 Å². The highest BCUT2D eigenvalue weighted by molar-refractivity contribution is 5.97. The van der Waals surface area contributed by atoms with Crippen molar-refractivity contribution in [1.29, 1.82) is 0 Å². The van der Waals surface area contributed by atoms with Crippen LogP contribution in [-0.2, 0) is 4.74 Å². The van der Waals surface area contributed by atoms with Crippen molar-refractivity contribution < 1.29 is 9.53 Å². The minimum absolute atomic E-state index is 0.285. The molecular formula is C19H29NO2. The molecule has 0 aromatic heterocycles. The Bertz CT molecular complexity index is 464. The molecule has 122 valence electrons. The Balaban J connectivity index is 1.65. The van der Waals surface area contributed by atoms with E-state index in [0.717, 1.165) is 36.6 Å². The van der Waals surface area contributed by atoms with Gasteiger partial charge in [-0.1, -0.05) is 24.3 Å². The number of nitrogens with zero attached hydrogens (tertiary/aromatic N) is 1. The molecule has 0 aliphatic carbocycles. The first-order valence-corrected chi connectivity index (χ1v) is 8.51. The summed E-state index contributed by atoms with van der Waals surface area (Å²) in [6.07, 6.45) is 5.37. The predicted octanol–water partition coefficient (Wildman–Crippen LogP) is 3.71. The second-order valence-corrected chi connectivity index (χ2v) is 6.41. The summed E-state index contributed by atoms with van der Waals surface area (Å²) < 4.78 is 5.16. The van der Waals surface area contributed by atoms with Gasteiger partial charge in [-0.25, -0.2) is 0 Å². The number of carbonyl (C=O) groups is 1. The van der Waals surface area contributed by atoms with Crippen LogP contribution < -0.4 is 0 Å². The number of ketones is 1. The van der Waals surface area contributed by atoms with E-state index in [4.69, 9.17) is 4.74 Å². The molecule has 0 unspecified atom stereocenters. The van der Waals surface area contributed by atoms with Gasteiger partial charge in [-0.2, -0.15) is 0 Å². The van der Waals surface area contributed by atoms with Gasteiger partial charge in [0.05, 0.1) is 0 Å². The third-order valence-electron chi connectivity index (χ3n) is 4.76. The van der Waals surface area contributed by atoms with E-state index < -0.39 is 0 Å². The van der Waals surface area contributed by atoms with Crippen molar-refractivity contribution >= 4 is 5.78 Å². The molecule has 1 heterocycles. The second kappa shape index (κ2) is 9.06. The maximum absolute atomic E-state index is 12.2. The van der Waals surface area contributed by atoms with Crippen molar-refractivity contribution in [3.63, 3.8) is 0 Å². The summed E-state index contributed by atoms with van der Waals surface area (Å²) in [5.41, 5.74) is 1.98. The zero-order valence-corrected chi connectivity index (χ0v) is 14.0. The lowest BCUT2D eigenvalue weighted by Crippen LogP contribution is -2.34. The second-order valence-electron chi connectivity index (χ2n) is 6.41. The molecule has 3 heteroatoms. The van der Waals surface area contributed by atoms with Crippen LogP contribution in [0.1, 0.15) is 48.0 Å². The van der Waals surface area contributed by atoms with Crippen LogP contribution in [0.4, 0.5) is 0 Å². The maximum atomic E-state index is 12.2. The average Bonchev–Trinajstić information content (AvgIpc) is 2.54. The van der Waals surface area contributed by atoms with Crippen LogP contribution >= 0.6 is 0 Å². The minimum atomic E-state index is 0.285. The molecule has 0 atom stereocenters. The topological polar surface area (TPSA) is 29.5 Å². The van der Waals surface area contributed by atoms with Crippen LogP contribution in [0.15, 0.2) is 24.3 Å². The van der Waals surface area contributed by atoms with Crippen LogP contribution in [-0.4, -0.2) is 44.0 Å². The molecule has 1 saturated heterocycles. The van der Waals surface area contributed by atoms with Crippen molar-refractivity contribution in [3.8, 4) is 0 Å². The Kier molecular flexibility index (Phi) is 7.07. The van der Waals surface area contributed by atoms with E-state index in [1.54, 1.807) is 7.11 Å². The van der Waals surface area contributed by atoms with Crippen molar-refractivity contribution in [3.05, 3.63) is 35.4 Å². The fraction of sp³-hybridized carbons (Fsp3) is 0.632. The molecule has 1 aliphatic heterocycles. The monoisotopic (exact) mass is 303 g/mol. The number of rotatable bonds is 8.